The minimum Gasteiger partial charge on any atom is -0.410 e. The molecule has 7 nitrogen and oxygen atoms in total. The number of hydrogen-bond donors (Lipinski definition) is 2. The first-order valence-corrected chi connectivity index (χ1v) is 5.65. The molecule has 0 bridgehead atoms. The van der Waals surface area contributed by atoms with Crippen LogP contribution in [0.15, 0.2) is 24.3 Å². The van der Waals surface area contributed by atoms with Gasteiger partial charge in [-0.2, -0.15) is 10.5 Å². The number of nitrogens with one attached hydrogen (secondary N) is 2. The molecule has 1 aromatic carbocycles. The summed E-state index contributed by atoms with van der Waals surface area (Å²) in [6.07, 6.45) is -0.810. The van der Waals surface area contributed by atoms with Gasteiger partial charge in [0.05, 0.1) is 0 Å². The first-order chi connectivity index (χ1) is 9.62. The number of anilines is 1. The van der Waals surface area contributed by atoms with Crippen LogP contribution in [0.4, 0.5) is 10.7 Å². The normalized spacial score (nSPS) is 9.35. The lowest BCUT2D eigenvalue weighted by atomic mass is 10.3. The van der Waals surface area contributed by atoms with E-state index in [1.807, 2.05) is 0 Å². The molecule has 20 heavy (non-hydrogen) atoms. The van der Waals surface area contributed by atoms with Gasteiger partial charge in [-0.15, -0.1) is 0 Å². The number of rotatable bonds is 2. The number of nitriles is 2. The fraction of sp³-hybridized carbons (Fsp3) is 0. The number of nitrogens with zero attached hydrogens (tertiary/aromatic N) is 3. The first-order valence-electron chi connectivity index (χ1n) is 5.27. The van der Waals surface area contributed by atoms with Crippen LogP contribution >= 0.6 is 11.6 Å². The van der Waals surface area contributed by atoms with Crippen molar-refractivity contribution in [2.75, 3.05) is 5.32 Å². The molecule has 0 aliphatic rings. The number of ether oxygens (including phenoxy) is 1. The molecule has 0 atom stereocenters. The van der Waals surface area contributed by atoms with Crippen molar-refractivity contribution in [1.82, 2.24) is 9.97 Å². The highest BCUT2D eigenvalue weighted by Crippen LogP contribution is 2.16. The number of carbonyl (C=O) groups excluding carboxylic acids is 1. The second-order valence-corrected chi connectivity index (χ2v) is 3.94. The maximum atomic E-state index is 11.6. The van der Waals surface area contributed by atoms with Crippen LogP contribution in [0, 0.1) is 22.7 Å². The third-order valence-electron chi connectivity index (χ3n) is 2.17. The highest BCUT2D eigenvalue weighted by molar-refractivity contribution is 6.30. The molecule has 0 unspecified atom stereocenters. The summed E-state index contributed by atoms with van der Waals surface area (Å²) >= 11 is 5.70. The van der Waals surface area contributed by atoms with Crippen molar-refractivity contribution in [3.8, 4) is 17.9 Å². The zero-order valence-corrected chi connectivity index (χ0v) is 10.6. The van der Waals surface area contributed by atoms with E-state index in [2.05, 4.69) is 15.3 Å². The third-order valence-corrected chi connectivity index (χ3v) is 2.42. The van der Waals surface area contributed by atoms with E-state index in [0.29, 0.717) is 10.8 Å². The van der Waals surface area contributed by atoms with Gasteiger partial charge < -0.3 is 9.72 Å². The summed E-state index contributed by atoms with van der Waals surface area (Å²) in [7, 11) is 0. The minimum absolute atomic E-state index is 0.0331. The Balaban J connectivity index is 2.05. The number of benzene rings is 1. The molecule has 1 heterocycles. The van der Waals surface area contributed by atoms with E-state index < -0.39 is 6.09 Å². The largest absolute Gasteiger partial charge is 0.419 e. The molecule has 0 saturated carbocycles. The maximum Gasteiger partial charge on any atom is 0.419 e. The third kappa shape index (κ3) is 3.05. The van der Waals surface area contributed by atoms with Crippen molar-refractivity contribution in [2.45, 2.75) is 0 Å². The molecule has 0 radical (unpaired) electrons. The molecule has 1 amide bonds. The van der Waals surface area contributed by atoms with Crippen LogP contribution in [0.1, 0.15) is 11.4 Å². The topological polar surface area (TPSA) is 115 Å². The van der Waals surface area contributed by atoms with Gasteiger partial charge in [0.1, 0.15) is 17.9 Å². The molecule has 2 aromatic rings. The minimum atomic E-state index is -0.810. The Labute approximate surface area is 118 Å². The van der Waals surface area contributed by atoms with E-state index >= 15 is 0 Å². The Kier molecular flexibility index (Phi) is 3.85. The number of aromatic amines is 1. The molecule has 0 aliphatic heterocycles. The Morgan fingerprint density at radius 3 is 2.55 bits per heavy atom. The van der Waals surface area contributed by atoms with Crippen LogP contribution in [0.5, 0.6) is 5.75 Å². The first kappa shape index (κ1) is 13.4. The van der Waals surface area contributed by atoms with E-state index in [0.717, 1.165) is 0 Å². The van der Waals surface area contributed by atoms with Gasteiger partial charge in [-0.25, -0.2) is 9.78 Å². The molecule has 1 aromatic heterocycles. The van der Waals surface area contributed by atoms with Gasteiger partial charge >= 0.3 is 6.09 Å². The van der Waals surface area contributed by atoms with Crippen molar-refractivity contribution >= 4 is 23.6 Å². The fourth-order valence-corrected chi connectivity index (χ4v) is 1.45. The van der Waals surface area contributed by atoms with Gasteiger partial charge in [-0.1, -0.05) is 11.6 Å². The average Bonchev–Trinajstić information content (AvgIpc) is 2.83. The fourth-order valence-electron chi connectivity index (χ4n) is 1.33. The van der Waals surface area contributed by atoms with Crippen LogP contribution in [0.25, 0.3) is 0 Å². The second kappa shape index (κ2) is 5.74. The average molecular weight is 288 g/mol. The van der Waals surface area contributed by atoms with Gasteiger partial charge in [0, 0.05) is 5.02 Å². The summed E-state index contributed by atoms with van der Waals surface area (Å²) in [5, 5.41) is 20.2. The predicted molar refractivity (Wildman–Crippen MR) is 69.1 cm³/mol. The van der Waals surface area contributed by atoms with Gasteiger partial charge in [-0.3, -0.25) is 5.32 Å². The Hall–Kier alpha value is -3.03. The smallest absolute Gasteiger partial charge is 0.410 e. The summed E-state index contributed by atoms with van der Waals surface area (Å²) in [4.78, 5) is 17.8. The quantitative estimate of drug-likeness (QED) is 0.880. The van der Waals surface area contributed by atoms with E-state index in [1.54, 1.807) is 24.3 Å². The van der Waals surface area contributed by atoms with Crippen LogP contribution in [0.2, 0.25) is 5.02 Å². The summed E-state index contributed by atoms with van der Waals surface area (Å²) in [5.41, 5.74) is -0.136. The molecule has 0 aliphatic carbocycles. The lowest BCUT2D eigenvalue weighted by molar-refractivity contribution is 0.215. The molecular formula is C12H6ClN5O2. The lowest BCUT2D eigenvalue weighted by Gasteiger charge is -2.03. The molecule has 2 rings (SSSR count). The van der Waals surface area contributed by atoms with Crippen molar-refractivity contribution in [2.24, 2.45) is 0 Å². The molecule has 0 fully saturated rings. The standard InChI is InChI=1S/C12H6ClN5O2/c13-7-1-3-8(4-2-7)20-12(19)18-11-16-9(5-14)10(6-15)17-11/h1-4H,(H2,16,17,18,19). The molecule has 98 valence electrons. The van der Waals surface area contributed by atoms with Crippen LogP contribution < -0.4 is 10.1 Å². The van der Waals surface area contributed by atoms with Gasteiger partial charge in [0.25, 0.3) is 0 Å². The zero-order valence-electron chi connectivity index (χ0n) is 9.85. The SMILES string of the molecule is N#Cc1nc(NC(=O)Oc2ccc(Cl)cc2)[nH]c1C#N. The van der Waals surface area contributed by atoms with E-state index in [4.69, 9.17) is 26.9 Å². The molecular weight excluding hydrogens is 282 g/mol. The molecule has 0 spiro atoms. The number of carbonyl (C=O) groups is 1. The van der Waals surface area contributed by atoms with Gasteiger partial charge in [-0.05, 0) is 24.3 Å². The van der Waals surface area contributed by atoms with Gasteiger partial charge in [0.2, 0.25) is 5.95 Å². The number of imidazole rings is 1. The number of hydrogen-bond acceptors (Lipinski definition) is 5. The predicted octanol–water partition coefficient (Wildman–Crippen LogP) is 2.42. The van der Waals surface area contributed by atoms with Crippen LogP contribution in [-0.4, -0.2) is 16.1 Å². The summed E-state index contributed by atoms with van der Waals surface area (Å²) < 4.78 is 4.96. The Bertz CT molecular complexity index is 692. The number of halogens is 1. The maximum absolute atomic E-state index is 11.6. The summed E-state index contributed by atoms with van der Waals surface area (Å²) in [6.45, 7) is 0. The van der Waals surface area contributed by atoms with Crippen molar-refractivity contribution in [1.29, 1.82) is 10.5 Å². The van der Waals surface area contributed by atoms with E-state index in [1.165, 1.54) is 12.1 Å². The van der Waals surface area contributed by atoms with Gasteiger partial charge in [0.15, 0.2) is 11.4 Å². The van der Waals surface area contributed by atoms with Crippen molar-refractivity contribution < 1.29 is 9.53 Å². The number of amides is 1. The second-order valence-electron chi connectivity index (χ2n) is 3.50. The van der Waals surface area contributed by atoms with Crippen LogP contribution in [0.3, 0.4) is 0 Å². The Morgan fingerprint density at radius 2 is 2.00 bits per heavy atom. The van der Waals surface area contributed by atoms with E-state index in [9.17, 15) is 4.79 Å². The molecule has 2 N–H and O–H groups in total. The monoisotopic (exact) mass is 287 g/mol. The zero-order chi connectivity index (χ0) is 14.5. The van der Waals surface area contributed by atoms with Crippen LogP contribution in [-0.2, 0) is 0 Å². The Morgan fingerprint density at radius 1 is 1.30 bits per heavy atom. The van der Waals surface area contributed by atoms with E-state index in [-0.39, 0.29) is 17.3 Å². The highest BCUT2D eigenvalue weighted by atomic mass is 35.5. The number of aromatic nitrogens is 2. The molecule has 8 heteroatoms. The lowest BCUT2D eigenvalue weighted by Crippen LogP contribution is -2.17. The highest BCUT2D eigenvalue weighted by Gasteiger charge is 2.12. The van der Waals surface area contributed by atoms with Crippen molar-refractivity contribution in [3.05, 3.63) is 40.7 Å². The molecule has 0 saturated heterocycles. The number of H-pyrrole nitrogens is 1. The van der Waals surface area contributed by atoms with Crippen molar-refractivity contribution in [3.63, 3.8) is 0 Å². The summed E-state index contributed by atoms with van der Waals surface area (Å²) in [5.74, 6) is 0.247. The summed E-state index contributed by atoms with van der Waals surface area (Å²) in [6, 6.07) is 9.65.